The van der Waals surface area contributed by atoms with Crippen molar-refractivity contribution in [3.8, 4) is 0 Å². The van der Waals surface area contributed by atoms with Crippen molar-refractivity contribution in [1.82, 2.24) is 0 Å². The molecule has 0 spiro atoms. The molecule has 2 nitrogen and oxygen atoms in total. The quantitative estimate of drug-likeness (QED) is 0.673. The predicted octanol–water partition coefficient (Wildman–Crippen LogP) is 3.59. The highest BCUT2D eigenvalue weighted by Gasteiger charge is 2.51. The molecular weight excluding hydrogens is 224 g/mol. The van der Waals surface area contributed by atoms with Crippen LogP contribution in [0.25, 0.3) is 0 Å². The van der Waals surface area contributed by atoms with E-state index in [4.69, 9.17) is 4.74 Å². The Labute approximate surface area is 110 Å². The molecule has 0 atom stereocenters. The van der Waals surface area contributed by atoms with Gasteiger partial charge >= 0.3 is 0 Å². The van der Waals surface area contributed by atoms with E-state index < -0.39 is 0 Å². The monoisotopic (exact) mass is 250 g/mol. The Morgan fingerprint density at radius 1 is 1.11 bits per heavy atom. The number of carbonyl (C=O) groups excluding carboxylic acids is 1. The third-order valence-corrected chi connectivity index (χ3v) is 5.35. The zero-order valence-electron chi connectivity index (χ0n) is 11.6. The number of hydrogen-bond acceptors (Lipinski definition) is 2. The minimum absolute atomic E-state index is 0.352. The molecule has 4 fully saturated rings. The van der Waals surface area contributed by atoms with Crippen molar-refractivity contribution in [2.45, 2.75) is 58.3 Å². The van der Waals surface area contributed by atoms with Crippen LogP contribution >= 0.6 is 0 Å². The van der Waals surface area contributed by atoms with Gasteiger partial charge in [-0.1, -0.05) is 6.92 Å². The third-order valence-electron chi connectivity index (χ3n) is 5.35. The first kappa shape index (κ1) is 12.7. The highest BCUT2D eigenvalue weighted by molar-refractivity contribution is 5.80. The molecule has 2 heteroatoms. The van der Waals surface area contributed by atoms with Crippen LogP contribution in [-0.2, 0) is 9.53 Å². The van der Waals surface area contributed by atoms with Gasteiger partial charge in [-0.3, -0.25) is 4.79 Å². The largest absolute Gasteiger partial charge is 0.374 e. The van der Waals surface area contributed by atoms with Gasteiger partial charge in [0.1, 0.15) is 6.61 Å². The minimum atomic E-state index is 0.352. The average Bonchev–Trinajstić information content (AvgIpc) is 2.26. The van der Waals surface area contributed by atoms with Crippen molar-refractivity contribution >= 4 is 5.78 Å². The second-order valence-corrected chi connectivity index (χ2v) is 7.19. The Kier molecular flexibility index (Phi) is 3.48. The lowest BCUT2D eigenvalue weighted by molar-refractivity contribution is -0.131. The van der Waals surface area contributed by atoms with E-state index in [1.807, 2.05) is 0 Å². The van der Waals surface area contributed by atoms with Crippen LogP contribution in [-0.4, -0.2) is 19.0 Å². The van der Waals surface area contributed by atoms with Gasteiger partial charge in [-0.05, 0) is 68.1 Å². The molecule has 0 heterocycles. The molecule has 0 unspecified atom stereocenters. The molecule has 4 aliphatic carbocycles. The molecular formula is C16H26O2. The highest BCUT2D eigenvalue weighted by atomic mass is 16.5. The van der Waals surface area contributed by atoms with Crippen LogP contribution in [0, 0.1) is 23.2 Å². The fraction of sp³-hybridized carbons (Fsp3) is 0.938. The van der Waals surface area contributed by atoms with E-state index in [1.54, 1.807) is 0 Å². The summed E-state index contributed by atoms with van der Waals surface area (Å²) in [4.78, 5) is 12.1. The maximum atomic E-state index is 12.1. The lowest BCUT2D eigenvalue weighted by atomic mass is 9.48. The molecule has 0 N–H and O–H groups in total. The van der Waals surface area contributed by atoms with E-state index in [2.05, 4.69) is 6.92 Å². The van der Waals surface area contributed by atoms with Gasteiger partial charge in [0.25, 0.3) is 0 Å². The number of ether oxygens (including phenoxy) is 1. The number of Topliss-reactive ketones (excluding diaryl/α,β-unsaturated/α-hetero) is 1. The molecule has 0 aliphatic heterocycles. The summed E-state index contributed by atoms with van der Waals surface area (Å²) in [5, 5.41) is 0. The molecule has 0 amide bonds. The standard InChI is InChI=1S/C16H26O2/c1-2-3-18-11-15(17)10-16-7-12-4-13(8-16)6-14(5-12)9-16/h12-14H,2-11H2,1H3. The van der Waals surface area contributed by atoms with Crippen molar-refractivity contribution in [3.05, 3.63) is 0 Å². The summed E-state index contributed by atoms with van der Waals surface area (Å²) in [5.74, 6) is 3.19. The van der Waals surface area contributed by atoms with Gasteiger partial charge in [0.2, 0.25) is 0 Å². The van der Waals surface area contributed by atoms with E-state index in [9.17, 15) is 4.79 Å². The molecule has 4 saturated carbocycles. The Hall–Kier alpha value is -0.370. The molecule has 0 radical (unpaired) electrons. The van der Waals surface area contributed by atoms with Crippen LogP contribution in [0.3, 0.4) is 0 Å². The van der Waals surface area contributed by atoms with Crippen LogP contribution in [0.2, 0.25) is 0 Å². The van der Waals surface area contributed by atoms with Crippen LogP contribution in [0.4, 0.5) is 0 Å². The van der Waals surface area contributed by atoms with Gasteiger partial charge in [0.05, 0.1) is 0 Å². The van der Waals surface area contributed by atoms with E-state index >= 15 is 0 Å². The summed E-state index contributed by atoms with van der Waals surface area (Å²) in [6.45, 7) is 3.17. The van der Waals surface area contributed by atoms with E-state index in [-0.39, 0.29) is 0 Å². The fourth-order valence-corrected chi connectivity index (χ4v) is 5.31. The Morgan fingerprint density at radius 3 is 2.17 bits per heavy atom. The summed E-state index contributed by atoms with van der Waals surface area (Å²) in [6, 6.07) is 0. The lowest BCUT2D eigenvalue weighted by Gasteiger charge is -2.56. The van der Waals surface area contributed by atoms with Gasteiger partial charge in [-0.25, -0.2) is 0 Å². The lowest BCUT2D eigenvalue weighted by Crippen LogP contribution is -2.47. The third kappa shape index (κ3) is 2.49. The maximum Gasteiger partial charge on any atom is 0.159 e. The molecule has 0 aromatic carbocycles. The van der Waals surface area contributed by atoms with Crippen molar-refractivity contribution in [3.63, 3.8) is 0 Å². The van der Waals surface area contributed by atoms with Gasteiger partial charge < -0.3 is 4.74 Å². The summed E-state index contributed by atoms with van der Waals surface area (Å²) < 4.78 is 5.41. The van der Waals surface area contributed by atoms with Gasteiger partial charge in [-0.2, -0.15) is 0 Å². The molecule has 0 aromatic rings. The Balaban J connectivity index is 1.57. The van der Waals surface area contributed by atoms with Crippen LogP contribution in [0.15, 0.2) is 0 Å². The Bertz CT molecular complexity index is 286. The van der Waals surface area contributed by atoms with Crippen LogP contribution in [0.1, 0.15) is 58.3 Å². The summed E-state index contributed by atoms with van der Waals surface area (Å²) >= 11 is 0. The predicted molar refractivity (Wildman–Crippen MR) is 71.3 cm³/mol. The first-order valence-corrected chi connectivity index (χ1v) is 7.78. The zero-order chi connectivity index (χ0) is 12.6. The van der Waals surface area contributed by atoms with E-state index in [0.29, 0.717) is 17.8 Å². The normalized spacial score (nSPS) is 41.3. The number of rotatable bonds is 6. The molecule has 4 aliphatic rings. The van der Waals surface area contributed by atoms with Crippen molar-refractivity contribution < 1.29 is 9.53 Å². The average molecular weight is 250 g/mol. The van der Waals surface area contributed by atoms with Crippen molar-refractivity contribution in [1.29, 1.82) is 0 Å². The van der Waals surface area contributed by atoms with Gasteiger partial charge in [0.15, 0.2) is 5.78 Å². The SMILES string of the molecule is CCCOCC(=O)CC12CC3CC(CC(C3)C1)C2. The second kappa shape index (κ2) is 4.96. The van der Waals surface area contributed by atoms with Crippen LogP contribution < -0.4 is 0 Å². The molecule has 4 rings (SSSR count). The number of hydrogen-bond donors (Lipinski definition) is 0. The number of ketones is 1. The summed E-state index contributed by atoms with van der Waals surface area (Å²) in [6.07, 6.45) is 10.2. The zero-order valence-corrected chi connectivity index (χ0v) is 11.6. The summed E-state index contributed by atoms with van der Waals surface area (Å²) in [7, 11) is 0. The molecule has 4 bridgehead atoms. The molecule has 0 saturated heterocycles. The van der Waals surface area contributed by atoms with E-state index in [1.165, 1.54) is 38.5 Å². The first-order chi connectivity index (χ1) is 8.69. The fourth-order valence-electron chi connectivity index (χ4n) is 5.31. The maximum absolute atomic E-state index is 12.1. The molecule has 102 valence electrons. The second-order valence-electron chi connectivity index (χ2n) is 7.19. The smallest absolute Gasteiger partial charge is 0.159 e. The highest BCUT2D eigenvalue weighted by Crippen LogP contribution is 2.61. The topological polar surface area (TPSA) is 26.3 Å². The van der Waals surface area contributed by atoms with Crippen LogP contribution in [0.5, 0.6) is 0 Å². The minimum Gasteiger partial charge on any atom is -0.374 e. The Morgan fingerprint density at radius 2 is 1.67 bits per heavy atom. The van der Waals surface area contributed by atoms with Crippen molar-refractivity contribution in [2.75, 3.05) is 13.2 Å². The number of carbonyl (C=O) groups is 1. The summed E-state index contributed by atoms with van der Waals surface area (Å²) in [5.41, 5.74) is 0.390. The van der Waals surface area contributed by atoms with Gasteiger partial charge in [0, 0.05) is 13.0 Å². The van der Waals surface area contributed by atoms with E-state index in [0.717, 1.165) is 37.2 Å². The first-order valence-electron chi connectivity index (χ1n) is 7.78. The molecule has 0 aromatic heterocycles. The molecule has 18 heavy (non-hydrogen) atoms. The van der Waals surface area contributed by atoms with Crippen molar-refractivity contribution in [2.24, 2.45) is 23.2 Å². The van der Waals surface area contributed by atoms with Gasteiger partial charge in [-0.15, -0.1) is 0 Å².